The molecule has 1 N–H and O–H groups in total. The van der Waals surface area contributed by atoms with Gasteiger partial charge in [-0.25, -0.2) is 9.18 Å². The summed E-state index contributed by atoms with van der Waals surface area (Å²) in [6, 6.07) is 7.65. The van der Waals surface area contributed by atoms with E-state index in [1.165, 1.54) is 17.0 Å². The second kappa shape index (κ2) is 6.19. The largest absolute Gasteiger partial charge is 0.465 e. The minimum Gasteiger partial charge on any atom is -0.465 e. The van der Waals surface area contributed by atoms with Gasteiger partial charge in [-0.2, -0.15) is 0 Å². The number of furan rings is 1. The molecule has 3 aliphatic heterocycles. The molecule has 0 radical (unpaired) electrons. The summed E-state index contributed by atoms with van der Waals surface area (Å²) in [5.41, 5.74) is 0.967. The molecule has 1 atom stereocenters. The van der Waals surface area contributed by atoms with Gasteiger partial charge in [0.25, 0.3) is 0 Å². The first-order chi connectivity index (χ1) is 12.0. The average Bonchev–Trinajstić information content (AvgIpc) is 3.03. The second-order valence-corrected chi connectivity index (χ2v) is 6.93. The normalized spacial score (nSPS) is 25.1. The van der Waals surface area contributed by atoms with Crippen molar-refractivity contribution in [1.82, 2.24) is 4.90 Å². The maximum absolute atomic E-state index is 13.9. The number of benzene rings is 1. The van der Waals surface area contributed by atoms with E-state index < -0.39 is 11.9 Å². The number of carboxylic acid groups (broad SMARTS) is 1. The van der Waals surface area contributed by atoms with Crippen molar-refractivity contribution in [3.05, 3.63) is 41.9 Å². The molecule has 1 amide bonds. The fraction of sp³-hybridized carbons (Fsp3) is 0.421. The smallest absolute Gasteiger partial charge is 0.412 e. The van der Waals surface area contributed by atoms with Crippen molar-refractivity contribution < 1.29 is 18.7 Å². The van der Waals surface area contributed by atoms with E-state index in [-0.39, 0.29) is 6.04 Å². The summed E-state index contributed by atoms with van der Waals surface area (Å²) in [6.07, 6.45) is 1.00. The molecular weight excluding hydrogens is 323 g/mol. The Balaban J connectivity index is 1.79. The van der Waals surface area contributed by atoms with E-state index >= 15 is 0 Å². The number of halogens is 1. The van der Waals surface area contributed by atoms with Gasteiger partial charge in [-0.3, -0.25) is 4.90 Å². The van der Waals surface area contributed by atoms with Crippen molar-refractivity contribution >= 4 is 11.8 Å². The summed E-state index contributed by atoms with van der Waals surface area (Å²) in [5, 5.41) is 9.94. The van der Waals surface area contributed by atoms with E-state index in [4.69, 9.17) is 4.42 Å². The zero-order valence-corrected chi connectivity index (χ0v) is 14.1. The molecule has 3 saturated heterocycles. The van der Waals surface area contributed by atoms with Crippen molar-refractivity contribution in [2.45, 2.75) is 25.8 Å². The molecule has 5 nitrogen and oxygen atoms in total. The van der Waals surface area contributed by atoms with E-state index in [2.05, 4.69) is 4.90 Å². The van der Waals surface area contributed by atoms with Crippen molar-refractivity contribution in [2.24, 2.45) is 5.92 Å². The molecule has 0 spiro atoms. The number of hydrogen-bond acceptors (Lipinski definition) is 3. The number of hydrogen-bond donors (Lipinski definition) is 1. The number of carbonyl (C=O) groups is 1. The molecule has 25 heavy (non-hydrogen) atoms. The minimum atomic E-state index is -1.00. The van der Waals surface area contributed by atoms with Gasteiger partial charge in [0, 0.05) is 12.1 Å². The summed E-state index contributed by atoms with van der Waals surface area (Å²) < 4.78 is 19.5. The van der Waals surface area contributed by atoms with E-state index in [1.807, 2.05) is 6.92 Å². The lowest BCUT2D eigenvalue weighted by molar-refractivity contribution is 0.0837. The van der Waals surface area contributed by atoms with Gasteiger partial charge in [0.1, 0.15) is 17.3 Å². The Morgan fingerprint density at radius 3 is 2.60 bits per heavy atom. The van der Waals surface area contributed by atoms with Crippen molar-refractivity contribution in [3.8, 4) is 11.3 Å². The third kappa shape index (κ3) is 2.91. The average molecular weight is 344 g/mol. The Hall–Kier alpha value is -2.34. The van der Waals surface area contributed by atoms with Gasteiger partial charge in [-0.05, 0) is 69.1 Å². The molecule has 4 heterocycles. The lowest BCUT2D eigenvalue weighted by atomic mass is 9.83. The van der Waals surface area contributed by atoms with Gasteiger partial charge in [0.05, 0.1) is 11.7 Å². The zero-order valence-electron chi connectivity index (χ0n) is 14.1. The standard InChI is InChI=1S/C19H21FN2O3/c1-12-2-5-18(25-12)15-10-14(20)3-4-16(15)22(19(23)24)17-11-21-8-6-13(17)7-9-21/h2-5,10,13,17H,6-9,11H2,1H3,(H,23,24). The molecule has 5 rings (SSSR count). The molecule has 6 heteroatoms. The molecular formula is C19H21FN2O3. The van der Waals surface area contributed by atoms with Crippen molar-refractivity contribution in [2.75, 3.05) is 24.5 Å². The third-order valence-corrected chi connectivity index (χ3v) is 5.38. The molecule has 132 valence electrons. The first-order valence-electron chi connectivity index (χ1n) is 8.64. The monoisotopic (exact) mass is 344 g/mol. The lowest BCUT2D eigenvalue weighted by Crippen LogP contribution is -2.58. The summed E-state index contributed by atoms with van der Waals surface area (Å²) in [6.45, 7) is 4.60. The predicted molar refractivity (Wildman–Crippen MR) is 92.3 cm³/mol. The molecule has 2 bridgehead atoms. The lowest BCUT2D eigenvalue weighted by Gasteiger charge is -2.48. The molecule has 3 fully saturated rings. The molecule has 3 aliphatic rings. The van der Waals surface area contributed by atoms with Crippen LogP contribution in [0, 0.1) is 18.7 Å². The van der Waals surface area contributed by atoms with Crippen LogP contribution < -0.4 is 4.90 Å². The number of amides is 1. The molecule has 1 aromatic carbocycles. The van der Waals surface area contributed by atoms with Crippen LogP contribution in [0.3, 0.4) is 0 Å². The fourth-order valence-corrected chi connectivity index (χ4v) is 4.14. The summed E-state index contributed by atoms with van der Waals surface area (Å²) >= 11 is 0. The van der Waals surface area contributed by atoms with Crippen LogP contribution in [0.1, 0.15) is 18.6 Å². The maximum Gasteiger partial charge on any atom is 0.412 e. The third-order valence-electron chi connectivity index (χ3n) is 5.38. The Labute approximate surface area is 145 Å². The van der Waals surface area contributed by atoms with Crippen LogP contribution in [0.2, 0.25) is 0 Å². The van der Waals surface area contributed by atoms with Gasteiger partial charge >= 0.3 is 6.09 Å². The quantitative estimate of drug-likeness (QED) is 0.915. The molecule has 0 saturated carbocycles. The molecule has 0 aliphatic carbocycles. The van der Waals surface area contributed by atoms with E-state index in [9.17, 15) is 14.3 Å². The number of rotatable bonds is 3. The molecule has 1 unspecified atom stereocenters. The Kier molecular flexibility index (Phi) is 4.00. The highest BCUT2D eigenvalue weighted by Gasteiger charge is 2.41. The van der Waals surface area contributed by atoms with Crippen LogP contribution in [-0.2, 0) is 0 Å². The predicted octanol–water partition coefficient (Wildman–Crippen LogP) is 3.97. The van der Waals surface area contributed by atoms with Gasteiger partial charge in [-0.15, -0.1) is 0 Å². The first-order valence-corrected chi connectivity index (χ1v) is 8.64. The summed E-state index contributed by atoms with van der Waals surface area (Å²) in [7, 11) is 0. The van der Waals surface area contributed by atoms with Crippen LogP contribution in [0.5, 0.6) is 0 Å². The topological polar surface area (TPSA) is 56.9 Å². The zero-order chi connectivity index (χ0) is 17.6. The van der Waals surface area contributed by atoms with Gasteiger partial charge in [-0.1, -0.05) is 0 Å². The minimum absolute atomic E-state index is 0.111. The second-order valence-electron chi connectivity index (χ2n) is 6.93. The fourth-order valence-electron chi connectivity index (χ4n) is 4.14. The Bertz CT molecular complexity index is 796. The highest BCUT2D eigenvalue weighted by molar-refractivity contribution is 5.92. The van der Waals surface area contributed by atoms with Crippen molar-refractivity contribution in [3.63, 3.8) is 0 Å². The van der Waals surface area contributed by atoms with E-state index in [0.717, 1.165) is 32.5 Å². The Morgan fingerprint density at radius 1 is 1.28 bits per heavy atom. The van der Waals surface area contributed by atoms with Gasteiger partial charge in [0.15, 0.2) is 0 Å². The maximum atomic E-state index is 13.9. The number of piperidine rings is 3. The first kappa shape index (κ1) is 16.1. The van der Waals surface area contributed by atoms with Crippen LogP contribution >= 0.6 is 0 Å². The van der Waals surface area contributed by atoms with Crippen LogP contribution in [0.4, 0.5) is 14.9 Å². The van der Waals surface area contributed by atoms with Crippen LogP contribution in [0.15, 0.2) is 34.7 Å². The number of fused-ring (bicyclic) bond motifs is 3. The number of nitrogens with zero attached hydrogens (tertiary/aromatic N) is 2. The van der Waals surface area contributed by atoms with Crippen molar-refractivity contribution in [1.29, 1.82) is 0 Å². The number of aryl methyl sites for hydroxylation is 1. The van der Waals surface area contributed by atoms with Crippen LogP contribution in [0.25, 0.3) is 11.3 Å². The van der Waals surface area contributed by atoms with Crippen LogP contribution in [-0.4, -0.2) is 41.8 Å². The highest BCUT2D eigenvalue weighted by atomic mass is 19.1. The summed E-state index contributed by atoms with van der Waals surface area (Å²) in [4.78, 5) is 15.9. The van der Waals surface area contributed by atoms with E-state index in [1.54, 1.807) is 18.2 Å². The molecule has 1 aromatic heterocycles. The Morgan fingerprint density at radius 2 is 2.04 bits per heavy atom. The highest BCUT2D eigenvalue weighted by Crippen LogP contribution is 2.38. The van der Waals surface area contributed by atoms with Gasteiger partial charge < -0.3 is 14.4 Å². The van der Waals surface area contributed by atoms with Gasteiger partial charge in [0.2, 0.25) is 0 Å². The SMILES string of the molecule is Cc1ccc(-c2cc(F)ccc2N(C(=O)O)C2CN3CCC2CC3)o1. The summed E-state index contributed by atoms with van der Waals surface area (Å²) in [5.74, 6) is 1.12. The van der Waals surface area contributed by atoms with E-state index in [0.29, 0.717) is 28.7 Å². The number of anilines is 1. The molecule has 2 aromatic rings.